The Morgan fingerprint density at radius 2 is 1.45 bits per heavy atom. The standard InChI is InChI=1S/C19H26OSi2/c1-21(2,3)15-10-9-13-19(20)18-12-8-7-11-17(18)14-16-22(4,5)6/h7-8,11-12H2,1-6H3. The van der Waals surface area contributed by atoms with Crippen LogP contribution >= 0.6 is 0 Å². The summed E-state index contributed by atoms with van der Waals surface area (Å²) in [6.07, 6.45) is 3.91. The van der Waals surface area contributed by atoms with Crippen molar-refractivity contribution < 1.29 is 4.79 Å². The molecule has 116 valence electrons. The zero-order chi connectivity index (χ0) is 16.8. The summed E-state index contributed by atoms with van der Waals surface area (Å²) < 4.78 is 0. The fraction of sp³-hybridized carbons (Fsp3) is 0.526. The van der Waals surface area contributed by atoms with Crippen molar-refractivity contribution in [2.45, 2.75) is 65.0 Å². The van der Waals surface area contributed by atoms with E-state index in [1.54, 1.807) is 0 Å². The Morgan fingerprint density at radius 1 is 0.864 bits per heavy atom. The van der Waals surface area contributed by atoms with Crippen LogP contribution in [0.3, 0.4) is 0 Å². The van der Waals surface area contributed by atoms with Gasteiger partial charge in [0.1, 0.15) is 16.1 Å². The van der Waals surface area contributed by atoms with E-state index in [4.69, 9.17) is 0 Å². The minimum atomic E-state index is -1.42. The number of hydrogen-bond acceptors (Lipinski definition) is 1. The summed E-state index contributed by atoms with van der Waals surface area (Å²) in [6.45, 7) is 13.1. The van der Waals surface area contributed by atoms with E-state index in [0.29, 0.717) is 0 Å². The third-order valence-corrected chi connectivity index (χ3v) is 4.76. The van der Waals surface area contributed by atoms with E-state index in [2.05, 4.69) is 74.1 Å². The average Bonchev–Trinajstić information content (AvgIpc) is 2.39. The van der Waals surface area contributed by atoms with E-state index in [0.717, 1.165) is 36.8 Å². The second-order valence-electron chi connectivity index (χ2n) is 7.74. The van der Waals surface area contributed by atoms with Crippen LogP contribution in [0, 0.1) is 34.8 Å². The molecule has 0 bridgehead atoms. The maximum atomic E-state index is 12.3. The lowest BCUT2D eigenvalue weighted by Crippen LogP contribution is -2.17. The summed E-state index contributed by atoms with van der Waals surface area (Å²) in [4.78, 5) is 12.3. The number of allylic oxidation sites excluding steroid dienone is 2. The van der Waals surface area contributed by atoms with E-state index < -0.39 is 16.1 Å². The molecule has 0 heterocycles. The van der Waals surface area contributed by atoms with E-state index in [1.165, 1.54) is 0 Å². The van der Waals surface area contributed by atoms with Crippen LogP contribution in [0.15, 0.2) is 11.1 Å². The van der Waals surface area contributed by atoms with Crippen LogP contribution in [-0.2, 0) is 4.79 Å². The molecule has 0 saturated heterocycles. The van der Waals surface area contributed by atoms with Gasteiger partial charge in [0.25, 0.3) is 0 Å². The van der Waals surface area contributed by atoms with Crippen molar-refractivity contribution in [2.24, 2.45) is 0 Å². The summed E-state index contributed by atoms with van der Waals surface area (Å²) in [5, 5.41) is 0. The highest BCUT2D eigenvalue weighted by atomic mass is 28.3. The van der Waals surface area contributed by atoms with Crippen molar-refractivity contribution in [3.63, 3.8) is 0 Å². The molecule has 0 aromatic rings. The molecule has 0 atom stereocenters. The summed E-state index contributed by atoms with van der Waals surface area (Å²) in [5.41, 5.74) is 8.39. The number of hydrogen-bond donors (Lipinski definition) is 0. The van der Waals surface area contributed by atoms with Crippen molar-refractivity contribution >= 4 is 21.9 Å². The molecule has 0 amide bonds. The van der Waals surface area contributed by atoms with Crippen molar-refractivity contribution in [3.05, 3.63) is 11.1 Å². The zero-order valence-corrected chi connectivity index (χ0v) is 16.7. The first-order valence-corrected chi connectivity index (χ1v) is 14.9. The number of carbonyl (C=O) groups is 1. The van der Waals surface area contributed by atoms with Gasteiger partial charge in [0, 0.05) is 11.1 Å². The molecule has 1 aliphatic carbocycles. The number of rotatable bonds is 1. The van der Waals surface area contributed by atoms with E-state index in [9.17, 15) is 4.79 Å². The van der Waals surface area contributed by atoms with E-state index in [1.807, 2.05) is 0 Å². The van der Waals surface area contributed by atoms with Gasteiger partial charge in [-0.3, -0.25) is 4.79 Å². The molecule has 3 heteroatoms. The zero-order valence-electron chi connectivity index (χ0n) is 14.7. The Kier molecular flexibility index (Phi) is 6.49. The Hall–Kier alpha value is -1.48. The number of ketones is 1. The molecule has 0 aromatic carbocycles. The molecular formula is C19H26OSi2. The Labute approximate surface area is 138 Å². The van der Waals surface area contributed by atoms with Gasteiger partial charge < -0.3 is 0 Å². The Balaban J connectivity index is 3.00. The van der Waals surface area contributed by atoms with Gasteiger partial charge in [-0.25, -0.2) is 0 Å². The highest BCUT2D eigenvalue weighted by Gasteiger charge is 2.17. The highest BCUT2D eigenvalue weighted by molar-refractivity contribution is 6.84. The Bertz CT molecular complexity index is 650. The molecule has 1 rings (SSSR count). The summed E-state index contributed by atoms with van der Waals surface area (Å²) in [7, 11) is -2.84. The molecule has 22 heavy (non-hydrogen) atoms. The molecule has 0 N–H and O–H groups in total. The van der Waals surface area contributed by atoms with Crippen LogP contribution in [0.2, 0.25) is 39.3 Å². The SMILES string of the molecule is C[Si](C)(C)C#CC#CC(=O)C1=C(C#C[Si](C)(C)C)CCCC1. The highest BCUT2D eigenvalue weighted by Crippen LogP contribution is 2.25. The number of carbonyl (C=O) groups excluding carboxylic acids is 1. The third kappa shape index (κ3) is 7.51. The van der Waals surface area contributed by atoms with Crippen LogP contribution in [0.1, 0.15) is 25.7 Å². The van der Waals surface area contributed by atoms with Gasteiger partial charge >= 0.3 is 0 Å². The van der Waals surface area contributed by atoms with Crippen LogP contribution in [0.5, 0.6) is 0 Å². The molecule has 0 radical (unpaired) electrons. The normalized spacial score (nSPS) is 14.8. The largest absolute Gasteiger partial charge is 0.280 e. The summed E-state index contributed by atoms with van der Waals surface area (Å²) >= 11 is 0. The monoisotopic (exact) mass is 326 g/mol. The molecule has 0 unspecified atom stereocenters. The van der Waals surface area contributed by atoms with Crippen molar-refractivity contribution in [1.82, 2.24) is 0 Å². The first-order valence-electron chi connectivity index (χ1n) is 7.91. The molecule has 0 spiro atoms. The van der Waals surface area contributed by atoms with Crippen LogP contribution in [0.4, 0.5) is 0 Å². The summed E-state index contributed by atoms with van der Waals surface area (Å²) in [6, 6.07) is 0. The van der Waals surface area contributed by atoms with Crippen LogP contribution in [0.25, 0.3) is 0 Å². The maximum absolute atomic E-state index is 12.3. The first kappa shape index (κ1) is 18.6. The molecule has 0 fully saturated rings. The lowest BCUT2D eigenvalue weighted by atomic mass is 9.90. The Morgan fingerprint density at radius 3 is 2.05 bits per heavy atom. The molecule has 0 aromatic heterocycles. The predicted molar refractivity (Wildman–Crippen MR) is 101 cm³/mol. The third-order valence-electron chi connectivity index (χ3n) is 3.01. The topological polar surface area (TPSA) is 17.1 Å². The van der Waals surface area contributed by atoms with E-state index in [-0.39, 0.29) is 5.78 Å². The second kappa shape index (κ2) is 7.69. The molecule has 0 saturated carbocycles. The number of Topliss-reactive ketones (excluding diaryl/α,β-unsaturated/α-hetero) is 1. The quantitative estimate of drug-likeness (QED) is 0.401. The van der Waals surface area contributed by atoms with Gasteiger partial charge in [0.15, 0.2) is 0 Å². The smallest absolute Gasteiger partial charge is 0.233 e. The van der Waals surface area contributed by atoms with Crippen molar-refractivity contribution in [2.75, 3.05) is 0 Å². The van der Waals surface area contributed by atoms with Crippen molar-refractivity contribution in [1.29, 1.82) is 0 Å². The second-order valence-corrected chi connectivity index (χ2v) is 17.2. The maximum Gasteiger partial charge on any atom is 0.233 e. The van der Waals surface area contributed by atoms with Crippen LogP contribution in [-0.4, -0.2) is 21.9 Å². The summed E-state index contributed by atoms with van der Waals surface area (Å²) in [5.74, 6) is 11.5. The van der Waals surface area contributed by atoms with Gasteiger partial charge in [0.05, 0.1) is 0 Å². The first-order chi connectivity index (χ1) is 10.1. The lowest BCUT2D eigenvalue weighted by Gasteiger charge is -2.14. The lowest BCUT2D eigenvalue weighted by molar-refractivity contribution is -0.110. The fourth-order valence-electron chi connectivity index (χ4n) is 1.94. The van der Waals surface area contributed by atoms with Crippen LogP contribution < -0.4 is 0 Å². The fourth-order valence-corrected chi connectivity index (χ4v) is 2.90. The molecule has 1 aliphatic rings. The molecule has 0 aliphatic heterocycles. The minimum Gasteiger partial charge on any atom is -0.280 e. The van der Waals surface area contributed by atoms with Gasteiger partial charge in [0.2, 0.25) is 5.78 Å². The van der Waals surface area contributed by atoms with E-state index >= 15 is 0 Å². The minimum absolute atomic E-state index is 0.0792. The predicted octanol–water partition coefficient (Wildman–Crippen LogP) is 4.19. The van der Waals surface area contributed by atoms with Gasteiger partial charge in [-0.1, -0.05) is 45.2 Å². The molecule has 1 nitrogen and oxygen atoms in total. The average molecular weight is 327 g/mol. The molecular weight excluding hydrogens is 300 g/mol. The van der Waals surface area contributed by atoms with Gasteiger partial charge in [-0.15, -0.1) is 11.1 Å². The van der Waals surface area contributed by atoms with Gasteiger partial charge in [-0.05, 0) is 43.4 Å². The van der Waals surface area contributed by atoms with Gasteiger partial charge in [-0.2, -0.15) is 0 Å². The van der Waals surface area contributed by atoms with Crippen molar-refractivity contribution in [3.8, 4) is 34.8 Å².